The fourth-order valence-corrected chi connectivity index (χ4v) is 6.25. The molecule has 39 heavy (non-hydrogen) atoms. The van der Waals surface area contributed by atoms with Gasteiger partial charge >= 0.3 is 6.09 Å². The summed E-state index contributed by atoms with van der Waals surface area (Å²) in [6, 6.07) is 11.7. The topological polar surface area (TPSA) is 56.1 Å². The van der Waals surface area contributed by atoms with Crippen molar-refractivity contribution >= 4 is 40.9 Å². The number of nitrogens with one attached hydrogen (secondary N) is 1. The third kappa shape index (κ3) is 6.67. The fraction of sp³-hybridized carbons (Fsp3) is 0.419. The summed E-state index contributed by atoms with van der Waals surface area (Å²) in [5, 5.41) is 8.82. The lowest BCUT2D eigenvalue weighted by atomic mass is 9.85. The van der Waals surface area contributed by atoms with E-state index in [1.54, 1.807) is 28.9 Å². The minimum Gasteiger partial charge on any atom is -0.389 e. The first-order valence-corrected chi connectivity index (χ1v) is 14.7. The molecule has 1 saturated carbocycles. The molecule has 1 heterocycles. The molecule has 0 bridgehead atoms. The highest BCUT2D eigenvalue weighted by atomic mass is 35.5. The number of rotatable bonds is 5. The molecule has 1 N–H and O–H groups in total. The lowest BCUT2D eigenvalue weighted by Crippen LogP contribution is -2.40. The highest BCUT2D eigenvalue weighted by Crippen LogP contribution is 2.39. The maximum Gasteiger partial charge on any atom is 0.414 e. The largest absolute Gasteiger partial charge is 0.414 e. The van der Waals surface area contributed by atoms with Crippen LogP contribution in [0.5, 0.6) is 5.88 Å². The van der Waals surface area contributed by atoms with Crippen LogP contribution < -0.4 is 10.1 Å². The number of benzene rings is 2. The van der Waals surface area contributed by atoms with Gasteiger partial charge in [0.1, 0.15) is 5.82 Å². The molecule has 1 atom stereocenters. The van der Waals surface area contributed by atoms with Crippen LogP contribution in [0.1, 0.15) is 81.5 Å². The third-order valence-corrected chi connectivity index (χ3v) is 8.40. The zero-order valence-electron chi connectivity index (χ0n) is 22.2. The highest BCUT2D eigenvalue weighted by Gasteiger charge is 2.28. The summed E-state index contributed by atoms with van der Waals surface area (Å²) in [7, 11) is 0. The summed E-state index contributed by atoms with van der Waals surface area (Å²) in [4.78, 5) is 13.1. The Hall–Kier alpha value is -2.83. The SMILES string of the molecule is C[C@H](NC(=O)Oc1nn(-c2ccc(Cl)cc2Cl)c2c1CCCCC/C2=C\c1ccc(F)cc1)C1CCCCC1. The second-order valence-electron chi connectivity index (χ2n) is 10.6. The van der Waals surface area contributed by atoms with Crippen molar-refractivity contribution in [2.75, 3.05) is 0 Å². The van der Waals surface area contributed by atoms with Crippen molar-refractivity contribution in [3.63, 3.8) is 0 Å². The molecule has 0 radical (unpaired) electrons. The summed E-state index contributed by atoms with van der Waals surface area (Å²) in [6.45, 7) is 2.05. The molecule has 1 fully saturated rings. The molecule has 0 unspecified atom stereocenters. The lowest BCUT2D eigenvalue weighted by molar-refractivity contribution is 0.184. The Labute approximate surface area is 239 Å². The first kappa shape index (κ1) is 27.7. The minimum atomic E-state index is -0.492. The van der Waals surface area contributed by atoms with Crippen molar-refractivity contribution in [2.24, 2.45) is 5.92 Å². The van der Waals surface area contributed by atoms with Crippen molar-refractivity contribution in [3.05, 3.63) is 75.1 Å². The Morgan fingerprint density at radius 3 is 2.51 bits per heavy atom. The third-order valence-electron chi connectivity index (χ3n) is 7.86. The summed E-state index contributed by atoms with van der Waals surface area (Å²) in [5.74, 6) is 0.469. The molecule has 1 aromatic heterocycles. The average molecular weight is 571 g/mol. The predicted octanol–water partition coefficient (Wildman–Crippen LogP) is 9.03. The second kappa shape index (κ2) is 12.6. The van der Waals surface area contributed by atoms with Crippen molar-refractivity contribution in [3.8, 4) is 11.6 Å². The first-order chi connectivity index (χ1) is 18.9. The van der Waals surface area contributed by atoms with E-state index in [0.29, 0.717) is 28.1 Å². The monoisotopic (exact) mass is 569 g/mol. The number of allylic oxidation sites excluding steroid dienone is 1. The van der Waals surface area contributed by atoms with Gasteiger partial charge in [0, 0.05) is 16.6 Å². The number of hydrogen-bond donors (Lipinski definition) is 1. The molecule has 1 amide bonds. The number of nitrogens with zero attached hydrogens (tertiary/aromatic N) is 2. The Morgan fingerprint density at radius 2 is 1.77 bits per heavy atom. The van der Waals surface area contributed by atoms with E-state index in [1.807, 2.05) is 6.07 Å². The smallest absolute Gasteiger partial charge is 0.389 e. The highest BCUT2D eigenvalue weighted by molar-refractivity contribution is 6.35. The molecule has 5 rings (SSSR count). The van der Waals surface area contributed by atoms with Gasteiger partial charge in [-0.05, 0) is 98.9 Å². The van der Waals surface area contributed by atoms with Crippen LogP contribution in [0.25, 0.3) is 17.3 Å². The van der Waals surface area contributed by atoms with Gasteiger partial charge in [0.2, 0.25) is 5.88 Å². The zero-order chi connectivity index (χ0) is 27.4. The van der Waals surface area contributed by atoms with Gasteiger partial charge in [0.25, 0.3) is 0 Å². The number of hydrogen-bond acceptors (Lipinski definition) is 3. The Balaban J connectivity index is 1.55. The van der Waals surface area contributed by atoms with Gasteiger partial charge in [0.05, 0.1) is 16.4 Å². The molecule has 3 aromatic rings. The lowest BCUT2D eigenvalue weighted by Gasteiger charge is -2.27. The van der Waals surface area contributed by atoms with E-state index in [1.165, 1.54) is 31.4 Å². The summed E-state index contributed by atoms with van der Waals surface area (Å²) < 4.78 is 21.3. The maximum atomic E-state index is 13.6. The van der Waals surface area contributed by atoms with Crippen LogP contribution in [0.3, 0.4) is 0 Å². The van der Waals surface area contributed by atoms with Gasteiger partial charge < -0.3 is 10.1 Å². The maximum absolute atomic E-state index is 13.6. The van der Waals surface area contributed by atoms with E-state index in [0.717, 1.165) is 60.9 Å². The van der Waals surface area contributed by atoms with E-state index < -0.39 is 6.09 Å². The fourth-order valence-electron chi connectivity index (χ4n) is 5.76. The molecule has 0 spiro atoms. The molecule has 5 nitrogen and oxygen atoms in total. The number of ether oxygens (including phenoxy) is 1. The number of carbonyl (C=O) groups is 1. The molecular formula is C31H34Cl2FN3O2. The number of fused-ring (bicyclic) bond motifs is 1. The van der Waals surface area contributed by atoms with E-state index >= 15 is 0 Å². The van der Waals surface area contributed by atoms with Crippen LogP contribution >= 0.6 is 23.2 Å². The Kier molecular flexibility index (Phi) is 8.93. The minimum absolute atomic E-state index is 0.0290. The van der Waals surface area contributed by atoms with E-state index in [-0.39, 0.29) is 17.7 Å². The second-order valence-corrected chi connectivity index (χ2v) is 11.5. The number of carbonyl (C=O) groups excluding carboxylic acids is 1. The molecule has 2 aliphatic carbocycles. The van der Waals surface area contributed by atoms with Crippen LogP contribution in [0.4, 0.5) is 9.18 Å². The van der Waals surface area contributed by atoms with Crippen LogP contribution in [0.15, 0.2) is 42.5 Å². The van der Waals surface area contributed by atoms with Crippen LogP contribution in [-0.2, 0) is 6.42 Å². The van der Waals surface area contributed by atoms with Crippen molar-refractivity contribution in [2.45, 2.75) is 77.2 Å². The van der Waals surface area contributed by atoms with Crippen molar-refractivity contribution < 1.29 is 13.9 Å². The van der Waals surface area contributed by atoms with Gasteiger partial charge in [-0.25, -0.2) is 13.9 Å². The van der Waals surface area contributed by atoms with Gasteiger partial charge in [-0.15, -0.1) is 5.10 Å². The standard InChI is InChI=1S/C31H34Cl2FN3O2/c1-20(22-8-4-2-5-9-22)35-31(38)39-30-26-11-7-3-6-10-23(18-21-12-15-25(34)16-13-21)29(26)37(36-30)28-17-14-24(32)19-27(28)33/h12-20,22H,2-11H2,1H3,(H,35,38)/b23-18+/t20-/m0/s1. The predicted molar refractivity (Wildman–Crippen MR) is 155 cm³/mol. The van der Waals surface area contributed by atoms with Gasteiger partial charge in [0.15, 0.2) is 0 Å². The van der Waals surface area contributed by atoms with Crippen LogP contribution in [0.2, 0.25) is 10.0 Å². The molecule has 2 aromatic carbocycles. The van der Waals surface area contributed by atoms with E-state index in [9.17, 15) is 9.18 Å². The van der Waals surface area contributed by atoms with E-state index in [4.69, 9.17) is 33.0 Å². The molecule has 0 saturated heterocycles. The summed E-state index contributed by atoms with van der Waals surface area (Å²) in [6.07, 6.45) is 12.0. The molecule has 2 aliphatic rings. The zero-order valence-corrected chi connectivity index (χ0v) is 23.7. The molecule has 206 valence electrons. The number of aromatic nitrogens is 2. The molecular weight excluding hydrogens is 536 g/mol. The summed E-state index contributed by atoms with van der Waals surface area (Å²) in [5.41, 5.74) is 4.28. The quantitative estimate of drug-likeness (QED) is 0.333. The summed E-state index contributed by atoms with van der Waals surface area (Å²) >= 11 is 12.8. The van der Waals surface area contributed by atoms with Gasteiger partial charge in [-0.2, -0.15) is 0 Å². The van der Waals surface area contributed by atoms with Crippen molar-refractivity contribution in [1.29, 1.82) is 0 Å². The number of halogens is 3. The van der Waals surface area contributed by atoms with Gasteiger partial charge in [-0.3, -0.25) is 0 Å². The normalized spacial score (nSPS) is 18.2. The molecule has 0 aliphatic heterocycles. The molecule has 8 heteroatoms. The Morgan fingerprint density at radius 1 is 1.05 bits per heavy atom. The average Bonchev–Trinajstić information content (AvgIpc) is 3.24. The first-order valence-electron chi connectivity index (χ1n) is 13.9. The Bertz CT molecular complexity index is 1350. The van der Waals surface area contributed by atoms with E-state index in [2.05, 4.69) is 18.3 Å². The number of amides is 1. The van der Waals surface area contributed by atoms with Gasteiger partial charge in [-0.1, -0.05) is 61.0 Å². The van der Waals surface area contributed by atoms with Crippen LogP contribution in [0, 0.1) is 11.7 Å². The van der Waals surface area contributed by atoms with Crippen molar-refractivity contribution in [1.82, 2.24) is 15.1 Å². The van der Waals surface area contributed by atoms with Crippen LogP contribution in [-0.4, -0.2) is 21.9 Å².